The lowest BCUT2D eigenvalue weighted by Gasteiger charge is -2.21. The molecule has 0 aromatic heterocycles. The van der Waals surface area contributed by atoms with Gasteiger partial charge in [-0.15, -0.1) is 0 Å². The zero-order valence-corrected chi connectivity index (χ0v) is 18.3. The fourth-order valence-electron chi connectivity index (χ4n) is 3.66. The molecule has 2 aromatic rings. The Morgan fingerprint density at radius 3 is 2.47 bits per heavy atom. The molecule has 0 spiro atoms. The van der Waals surface area contributed by atoms with Crippen molar-refractivity contribution in [1.82, 2.24) is 10.6 Å². The lowest BCUT2D eigenvalue weighted by atomic mass is 10.1. The molecular weight excluding hydrogens is 380 g/mol. The highest BCUT2D eigenvalue weighted by Crippen LogP contribution is 2.30. The number of benzene rings is 2. The molecule has 1 heterocycles. The van der Waals surface area contributed by atoms with Gasteiger partial charge in [-0.2, -0.15) is 0 Å². The molecule has 162 valence electrons. The maximum atomic E-state index is 5.40. The number of hydrogen-bond donors (Lipinski definition) is 2. The van der Waals surface area contributed by atoms with E-state index in [4.69, 9.17) is 14.2 Å². The summed E-state index contributed by atoms with van der Waals surface area (Å²) in [7, 11) is 6.86. The van der Waals surface area contributed by atoms with Crippen molar-refractivity contribution in [2.75, 3.05) is 46.4 Å². The molecule has 1 unspecified atom stereocenters. The number of guanidine groups is 1. The van der Waals surface area contributed by atoms with Gasteiger partial charge in [0.05, 0.1) is 20.8 Å². The number of aliphatic imine (C=N–C) groups is 1. The van der Waals surface area contributed by atoms with Crippen LogP contribution in [0.15, 0.2) is 47.5 Å². The SMILES string of the molecule is CN=C(NCc1cccc(COC)c1)NC1CCN(c2cc(OC)cc(OC)c2)C1. The van der Waals surface area contributed by atoms with Crippen LogP contribution < -0.4 is 25.0 Å². The topological polar surface area (TPSA) is 67.4 Å². The third kappa shape index (κ3) is 5.79. The maximum Gasteiger partial charge on any atom is 0.191 e. The second-order valence-electron chi connectivity index (χ2n) is 7.33. The number of nitrogens with one attached hydrogen (secondary N) is 2. The van der Waals surface area contributed by atoms with E-state index in [0.717, 1.165) is 42.7 Å². The third-order valence-electron chi connectivity index (χ3n) is 5.22. The Kier molecular flexibility index (Phi) is 7.79. The van der Waals surface area contributed by atoms with Crippen molar-refractivity contribution in [2.45, 2.75) is 25.6 Å². The molecule has 0 radical (unpaired) electrons. The van der Waals surface area contributed by atoms with Gasteiger partial charge in [0, 0.05) is 63.7 Å². The Hall–Kier alpha value is -2.93. The standard InChI is InChI=1S/C23H32N4O3/c1-24-23(25-14-17-6-5-7-18(10-17)16-28-2)26-19-8-9-27(15-19)20-11-21(29-3)13-22(12-20)30-4/h5-7,10-13,19H,8-9,14-16H2,1-4H3,(H2,24,25,26). The van der Waals surface area contributed by atoms with Gasteiger partial charge in [-0.05, 0) is 17.5 Å². The second-order valence-corrected chi connectivity index (χ2v) is 7.33. The molecule has 1 atom stereocenters. The van der Waals surface area contributed by atoms with Gasteiger partial charge in [-0.25, -0.2) is 0 Å². The van der Waals surface area contributed by atoms with Crippen molar-refractivity contribution in [3.8, 4) is 11.5 Å². The highest BCUT2D eigenvalue weighted by molar-refractivity contribution is 5.80. The van der Waals surface area contributed by atoms with Gasteiger partial charge < -0.3 is 29.7 Å². The van der Waals surface area contributed by atoms with E-state index >= 15 is 0 Å². The van der Waals surface area contributed by atoms with Gasteiger partial charge in [0.25, 0.3) is 0 Å². The first kappa shape index (κ1) is 21.8. The van der Waals surface area contributed by atoms with Gasteiger partial charge in [0.2, 0.25) is 0 Å². The first-order valence-electron chi connectivity index (χ1n) is 10.2. The van der Waals surface area contributed by atoms with Crippen LogP contribution in [0, 0.1) is 0 Å². The number of rotatable bonds is 8. The van der Waals surface area contributed by atoms with Crippen molar-refractivity contribution in [3.63, 3.8) is 0 Å². The van der Waals surface area contributed by atoms with E-state index in [0.29, 0.717) is 19.2 Å². The Bertz CT molecular complexity index is 834. The minimum atomic E-state index is 0.313. The molecular formula is C23H32N4O3. The second kappa shape index (κ2) is 10.7. The predicted molar refractivity (Wildman–Crippen MR) is 121 cm³/mol. The monoisotopic (exact) mass is 412 g/mol. The van der Waals surface area contributed by atoms with E-state index in [2.05, 4.69) is 44.8 Å². The summed E-state index contributed by atoms with van der Waals surface area (Å²) in [5.41, 5.74) is 3.47. The average Bonchev–Trinajstić information content (AvgIpc) is 3.25. The molecule has 2 N–H and O–H groups in total. The summed E-state index contributed by atoms with van der Waals surface area (Å²) in [4.78, 5) is 6.73. The van der Waals surface area contributed by atoms with Gasteiger partial charge in [-0.3, -0.25) is 4.99 Å². The quantitative estimate of drug-likeness (QED) is 0.513. The summed E-state index contributed by atoms with van der Waals surface area (Å²) >= 11 is 0. The first-order valence-corrected chi connectivity index (χ1v) is 10.2. The van der Waals surface area contributed by atoms with Gasteiger partial charge in [0.15, 0.2) is 5.96 Å². The van der Waals surface area contributed by atoms with E-state index in [1.54, 1.807) is 28.4 Å². The van der Waals surface area contributed by atoms with Crippen LogP contribution in [0.25, 0.3) is 0 Å². The van der Waals surface area contributed by atoms with Crippen LogP contribution in [0.4, 0.5) is 5.69 Å². The smallest absolute Gasteiger partial charge is 0.191 e. The Morgan fingerprint density at radius 1 is 1.07 bits per heavy atom. The average molecular weight is 413 g/mol. The molecule has 1 aliphatic rings. The van der Waals surface area contributed by atoms with Crippen molar-refractivity contribution in [1.29, 1.82) is 0 Å². The summed E-state index contributed by atoms with van der Waals surface area (Å²) in [6.07, 6.45) is 1.03. The van der Waals surface area contributed by atoms with Crippen molar-refractivity contribution >= 4 is 11.6 Å². The Labute approximate surface area is 179 Å². The van der Waals surface area contributed by atoms with Crippen LogP contribution in [-0.4, -0.2) is 53.5 Å². The molecule has 1 saturated heterocycles. The minimum absolute atomic E-state index is 0.313. The summed E-state index contributed by atoms with van der Waals surface area (Å²) in [5, 5.41) is 6.96. The molecule has 3 rings (SSSR count). The number of anilines is 1. The van der Waals surface area contributed by atoms with E-state index in [-0.39, 0.29) is 0 Å². The molecule has 2 aromatic carbocycles. The summed E-state index contributed by atoms with van der Waals surface area (Å²) in [5.74, 6) is 2.41. The molecule has 1 fully saturated rings. The molecule has 0 saturated carbocycles. The first-order chi connectivity index (χ1) is 14.6. The largest absolute Gasteiger partial charge is 0.497 e. The predicted octanol–water partition coefficient (Wildman–Crippen LogP) is 2.79. The minimum Gasteiger partial charge on any atom is -0.497 e. The molecule has 30 heavy (non-hydrogen) atoms. The highest BCUT2D eigenvalue weighted by atomic mass is 16.5. The molecule has 0 bridgehead atoms. The van der Waals surface area contributed by atoms with Crippen molar-refractivity contribution < 1.29 is 14.2 Å². The summed E-state index contributed by atoms with van der Waals surface area (Å²) in [6.45, 7) is 3.18. The van der Waals surface area contributed by atoms with E-state index < -0.39 is 0 Å². The molecule has 0 aliphatic carbocycles. The molecule has 0 amide bonds. The van der Waals surface area contributed by atoms with Gasteiger partial charge >= 0.3 is 0 Å². The highest BCUT2D eigenvalue weighted by Gasteiger charge is 2.24. The van der Waals surface area contributed by atoms with Crippen molar-refractivity contribution in [2.24, 2.45) is 4.99 Å². The number of ether oxygens (including phenoxy) is 3. The number of methoxy groups -OCH3 is 3. The van der Waals surface area contributed by atoms with E-state index in [1.807, 2.05) is 18.2 Å². The fourth-order valence-corrected chi connectivity index (χ4v) is 3.66. The van der Waals surface area contributed by atoms with Gasteiger partial charge in [0.1, 0.15) is 11.5 Å². The number of hydrogen-bond acceptors (Lipinski definition) is 5. The van der Waals surface area contributed by atoms with Gasteiger partial charge in [-0.1, -0.05) is 24.3 Å². The molecule has 7 heteroatoms. The maximum absolute atomic E-state index is 5.40. The fraction of sp³-hybridized carbons (Fsp3) is 0.435. The lowest BCUT2D eigenvalue weighted by Crippen LogP contribution is -2.44. The lowest BCUT2D eigenvalue weighted by molar-refractivity contribution is 0.185. The summed E-state index contributed by atoms with van der Waals surface area (Å²) < 4.78 is 16.0. The molecule has 7 nitrogen and oxygen atoms in total. The molecule has 1 aliphatic heterocycles. The zero-order valence-electron chi connectivity index (χ0n) is 18.3. The zero-order chi connectivity index (χ0) is 21.3. The van der Waals surface area contributed by atoms with Crippen LogP contribution in [0.5, 0.6) is 11.5 Å². The summed E-state index contributed by atoms with van der Waals surface area (Å²) in [6, 6.07) is 14.7. The van der Waals surface area contributed by atoms with Crippen molar-refractivity contribution in [3.05, 3.63) is 53.6 Å². The Balaban J connectivity index is 1.55. The third-order valence-corrected chi connectivity index (χ3v) is 5.22. The van der Waals surface area contributed by atoms with Crippen LogP contribution in [0.1, 0.15) is 17.5 Å². The van der Waals surface area contributed by atoms with Crippen LogP contribution in [0.2, 0.25) is 0 Å². The van der Waals surface area contributed by atoms with E-state index in [9.17, 15) is 0 Å². The van der Waals surface area contributed by atoms with Crippen LogP contribution >= 0.6 is 0 Å². The number of nitrogens with zero attached hydrogens (tertiary/aromatic N) is 2. The Morgan fingerprint density at radius 2 is 1.80 bits per heavy atom. The van der Waals surface area contributed by atoms with E-state index in [1.165, 1.54) is 11.1 Å². The van der Waals surface area contributed by atoms with Crippen LogP contribution in [-0.2, 0) is 17.9 Å². The van der Waals surface area contributed by atoms with Crippen LogP contribution in [0.3, 0.4) is 0 Å². The normalized spacial score (nSPS) is 16.5.